The molecule has 4 rings (SSSR count). The predicted octanol–water partition coefficient (Wildman–Crippen LogP) is 3.64. The van der Waals surface area contributed by atoms with Gasteiger partial charge in [-0.3, -0.25) is 0 Å². The van der Waals surface area contributed by atoms with E-state index >= 15 is 0 Å². The molecule has 2 N–H and O–H groups in total. The van der Waals surface area contributed by atoms with Crippen molar-refractivity contribution < 1.29 is 4.74 Å². The molecule has 3 aromatic heterocycles. The Hall–Kier alpha value is -2.75. The van der Waals surface area contributed by atoms with E-state index in [1.54, 1.807) is 13.3 Å². The number of hydrogen-bond acceptors (Lipinski definition) is 2. The first-order valence-electron chi connectivity index (χ1n) is 6.90. The van der Waals surface area contributed by atoms with E-state index < -0.39 is 0 Å². The van der Waals surface area contributed by atoms with Crippen LogP contribution in [0.3, 0.4) is 0 Å². The second-order valence-corrected chi connectivity index (χ2v) is 5.12. The molecular formula is C17H15N3O. The van der Waals surface area contributed by atoms with Gasteiger partial charge in [0.15, 0.2) is 0 Å². The first-order valence-corrected chi connectivity index (χ1v) is 6.90. The van der Waals surface area contributed by atoms with Gasteiger partial charge >= 0.3 is 0 Å². The van der Waals surface area contributed by atoms with Crippen molar-refractivity contribution >= 4 is 21.9 Å². The third kappa shape index (κ3) is 1.96. The molecule has 4 nitrogen and oxygen atoms in total. The predicted molar refractivity (Wildman–Crippen MR) is 83.8 cm³/mol. The lowest BCUT2D eigenvalue weighted by molar-refractivity contribution is 0.413. The van der Waals surface area contributed by atoms with E-state index in [4.69, 9.17) is 4.74 Å². The zero-order chi connectivity index (χ0) is 14.2. The summed E-state index contributed by atoms with van der Waals surface area (Å²) in [7, 11) is 1.66. The highest BCUT2D eigenvalue weighted by atomic mass is 16.5. The first-order chi connectivity index (χ1) is 10.3. The van der Waals surface area contributed by atoms with Crippen molar-refractivity contribution in [1.29, 1.82) is 0 Å². The number of methoxy groups -OCH3 is 1. The van der Waals surface area contributed by atoms with Crippen LogP contribution in [0, 0.1) is 0 Å². The van der Waals surface area contributed by atoms with Crippen molar-refractivity contribution in [2.75, 3.05) is 7.11 Å². The number of aromatic amines is 2. The van der Waals surface area contributed by atoms with Gasteiger partial charge in [-0.25, -0.2) is 4.98 Å². The van der Waals surface area contributed by atoms with Crippen molar-refractivity contribution in [3.63, 3.8) is 0 Å². The second kappa shape index (κ2) is 4.66. The number of hydrogen-bond donors (Lipinski definition) is 2. The van der Waals surface area contributed by atoms with Crippen LogP contribution in [0.1, 0.15) is 11.1 Å². The highest BCUT2D eigenvalue weighted by molar-refractivity contribution is 5.85. The molecule has 0 saturated carbocycles. The van der Waals surface area contributed by atoms with Gasteiger partial charge in [0.05, 0.1) is 13.3 Å². The molecule has 0 radical (unpaired) electrons. The number of rotatable bonds is 3. The lowest BCUT2D eigenvalue weighted by atomic mass is 10.0. The minimum atomic E-state index is 0.781. The standard InChI is InChI=1S/C17H15N3O/c1-21-13-8-15-12(9-19-17(15)20-10-13)7-11-3-2-4-16-14(11)5-6-18-16/h2-6,8-10,18H,7H2,1H3,(H,19,20). The molecule has 0 spiro atoms. The van der Waals surface area contributed by atoms with Gasteiger partial charge in [0, 0.05) is 35.1 Å². The number of nitrogens with zero attached hydrogens (tertiary/aromatic N) is 1. The van der Waals surface area contributed by atoms with E-state index in [0.29, 0.717) is 0 Å². The van der Waals surface area contributed by atoms with Gasteiger partial charge in [0.1, 0.15) is 11.4 Å². The highest BCUT2D eigenvalue weighted by Gasteiger charge is 2.09. The topological polar surface area (TPSA) is 53.7 Å². The van der Waals surface area contributed by atoms with Crippen LogP contribution in [0.5, 0.6) is 5.75 Å². The average molecular weight is 277 g/mol. The van der Waals surface area contributed by atoms with E-state index in [9.17, 15) is 0 Å². The number of H-pyrrole nitrogens is 2. The molecule has 0 unspecified atom stereocenters. The van der Waals surface area contributed by atoms with Crippen molar-refractivity contribution in [2.24, 2.45) is 0 Å². The summed E-state index contributed by atoms with van der Waals surface area (Å²) in [5, 5.41) is 2.38. The summed E-state index contributed by atoms with van der Waals surface area (Å²) in [5.41, 5.74) is 4.60. The fourth-order valence-corrected chi connectivity index (χ4v) is 2.81. The van der Waals surface area contributed by atoms with Crippen molar-refractivity contribution in [1.82, 2.24) is 15.0 Å². The van der Waals surface area contributed by atoms with Crippen LogP contribution in [-0.2, 0) is 6.42 Å². The summed E-state index contributed by atoms with van der Waals surface area (Å²) in [6, 6.07) is 10.5. The Balaban J connectivity index is 1.82. The van der Waals surface area contributed by atoms with Crippen LogP contribution in [0.2, 0.25) is 0 Å². The SMILES string of the molecule is COc1cnc2[nH]cc(Cc3cccc4[nH]ccc34)c2c1. The Morgan fingerprint density at radius 3 is 2.95 bits per heavy atom. The maximum Gasteiger partial charge on any atom is 0.137 e. The van der Waals surface area contributed by atoms with Crippen molar-refractivity contribution in [2.45, 2.75) is 6.42 Å². The molecule has 0 aliphatic rings. The quantitative estimate of drug-likeness (QED) is 0.600. The maximum absolute atomic E-state index is 5.27. The summed E-state index contributed by atoms with van der Waals surface area (Å²) in [4.78, 5) is 10.9. The fraction of sp³-hybridized carbons (Fsp3) is 0.118. The van der Waals surface area contributed by atoms with Gasteiger partial charge in [-0.05, 0) is 29.3 Å². The Labute approximate surface area is 121 Å². The van der Waals surface area contributed by atoms with Gasteiger partial charge in [-0.1, -0.05) is 12.1 Å². The molecular weight excluding hydrogens is 262 g/mol. The van der Waals surface area contributed by atoms with Crippen LogP contribution >= 0.6 is 0 Å². The fourth-order valence-electron chi connectivity index (χ4n) is 2.81. The van der Waals surface area contributed by atoms with Gasteiger partial charge in [0.2, 0.25) is 0 Å². The largest absolute Gasteiger partial charge is 0.495 e. The Bertz CT molecular complexity index is 920. The molecule has 3 heterocycles. The molecule has 0 saturated heterocycles. The Morgan fingerprint density at radius 1 is 1.10 bits per heavy atom. The van der Waals surface area contributed by atoms with Crippen LogP contribution in [-0.4, -0.2) is 22.1 Å². The van der Waals surface area contributed by atoms with Crippen LogP contribution in [0.4, 0.5) is 0 Å². The minimum Gasteiger partial charge on any atom is -0.495 e. The molecule has 21 heavy (non-hydrogen) atoms. The maximum atomic E-state index is 5.27. The summed E-state index contributed by atoms with van der Waals surface area (Å²) in [6.07, 6.45) is 6.61. The number of aromatic nitrogens is 3. The van der Waals surface area contributed by atoms with Crippen molar-refractivity contribution in [3.8, 4) is 5.75 Å². The van der Waals surface area contributed by atoms with E-state index in [-0.39, 0.29) is 0 Å². The summed E-state index contributed by atoms with van der Waals surface area (Å²) in [5.74, 6) is 0.781. The Morgan fingerprint density at radius 2 is 2.05 bits per heavy atom. The molecule has 4 aromatic rings. The molecule has 0 aliphatic heterocycles. The molecule has 1 aromatic carbocycles. The van der Waals surface area contributed by atoms with Crippen LogP contribution < -0.4 is 4.74 Å². The molecule has 0 amide bonds. The number of pyridine rings is 1. The van der Waals surface area contributed by atoms with Crippen LogP contribution in [0.15, 0.2) is 48.9 Å². The van der Waals surface area contributed by atoms with Gasteiger partial charge in [-0.15, -0.1) is 0 Å². The smallest absolute Gasteiger partial charge is 0.137 e. The van der Waals surface area contributed by atoms with Crippen LogP contribution in [0.25, 0.3) is 21.9 Å². The summed E-state index contributed by atoms with van der Waals surface area (Å²) in [6.45, 7) is 0. The lowest BCUT2D eigenvalue weighted by Crippen LogP contribution is -1.89. The summed E-state index contributed by atoms with van der Waals surface area (Å²) < 4.78 is 5.27. The third-order valence-corrected chi connectivity index (χ3v) is 3.89. The Kier molecular flexibility index (Phi) is 2.67. The molecule has 104 valence electrons. The molecule has 0 bridgehead atoms. The van der Waals surface area contributed by atoms with E-state index in [2.05, 4.69) is 39.2 Å². The van der Waals surface area contributed by atoms with Crippen molar-refractivity contribution in [3.05, 3.63) is 60.0 Å². The monoisotopic (exact) mass is 277 g/mol. The van der Waals surface area contributed by atoms with E-state index in [0.717, 1.165) is 23.2 Å². The zero-order valence-electron chi connectivity index (χ0n) is 11.7. The van der Waals surface area contributed by atoms with Gasteiger partial charge in [0.25, 0.3) is 0 Å². The van der Waals surface area contributed by atoms with E-state index in [1.807, 2.05) is 18.5 Å². The molecule has 4 heteroatoms. The first kappa shape index (κ1) is 12.0. The normalized spacial score (nSPS) is 11.3. The average Bonchev–Trinajstić information content (AvgIpc) is 3.14. The zero-order valence-corrected chi connectivity index (χ0v) is 11.7. The molecule has 0 atom stereocenters. The number of benzene rings is 1. The summed E-state index contributed by atoms with van der Waals surface area (Å²) >= 11 is 0. The second-order valence-electron chi connectivity index (χ2n) is 5.12. The highest BCUT2D eigenvalue weighted by Crippen LogP contribution is 2.26. The number of ether oxygens (including phenoxy) is 1. The third-order valence-electron chi connectivity index (χ3n) is 3.89. The number of nitrogens with one attached hydrogen (secondary N) is 2. The number of fused-ring (bicyclic) bond motifs is 2. The molecule has 0 fully saturated rings. The van der Waals surface area contributed by atoms with E-state index in [1.165, 1.54) is 22.0 Å². The van der Waals surface area contributed by atoms with Gasteiger partial charge in [-0.2, -0.15) is 0 Å². The minimum absolute atomic E-state index is 0.781. The van der Waals surface area contributed by atoms with Gasteiger partial charge < -0.3 is 14.7 Å². The lowest BCUT2D eigenvalue weighted by Gasteiger charge is -2.04. The molecule has 0 aliphatic carbocycles.